The second kappa shape index (κ2) is 13.2. The maximum atomic E-state index is 12.7. The first-order valence-electron chi connectivity index (χ1n) is 11.3. The van der Waals surface area contributed by atoms with E-state index in [9.17, 15) is 14.7 Å². The van der Waals surface area contributed by atoms with Crippen molar-refractivity contribution in [1.82, 2.24) is 0 Å². The number of carboxylic acid groups (broad SMARTS) is 1. The zero-order valence-corrected chi connectivity index (χ0v) is 18.0. The second-order valence-corrected chi connectivity index (χ2v) is 8.97. The van der Waals surface area contributed by atoms with Crippen molar-refractivity contribution in [3.05, 3.63) is 0 Å². The monoisotopic (exact) mass is 382 g/mol. The molecule has 0 spiro atoms. The van der Waals surface area contributed by atoms with Gasteiger partial charge in [0, 0.05) is 0 Å². The first kappa shape index (κ1) is 24.0. The SMILES string of the molecule is CCCCCC(CCC)CC(CC(C)C)OC(=O)C1CCCC(C(=O)O)C1. The summed E-state index contributed by atoms with van der Waals surface area (Å²) < 4.78 is 5.98. The molecule has 0 aromatic carbocycles. The van der Waals surface area contributed by atoms with Crippen LogP contribution in [0.1, 0.15) is 105 Å². The summed E-state index contributed by atoms with van der Waals surface area (Å²) >= 11 is 0. The molecule has 0 aromatic heterocycles. The molecule has 0 aliphatic heterocycles. The molecule has 27 heavy (non-hydrogen) atoms. The third kappa shape index (κ3) is 9.62. The molecule has 1 aliphatic carbocycles. The first-order valence-corrected chi connectivity index (χ1v) is 11.3. The van der Waals surface area contributed by atoms with Gasteiger partial charge in [-0.25, -0.2) is 0 Å². The number of ether oxygens (including phenoxy) is 1. The molecule has 0 radical (unpaired) electrons. The van der Waals surface area contributed by atoms with Crippen LogP contribution in [-0.4, -0.2) is 23.1 Å². The largest absolute Gasteiger partial charge is 0.481 e. The molecular weight excluding hydrogens is 340 g/mol. The van der Waals surface area contributed by atoms with Crippen LogP contribution in [0, 0.1) is 23.7 Å². The third-order valence-electron chi connectivity index (χ3n) is 5.88. The molecule has 0 amide bonds. The van der Waals surface area contributed by atoms with Crippen molar-refractivity contribution in [1.29, 1.82) is 0 Å². The van der Waals surface area contributed by atoms with Crippen LogP contribution in [0.15, 0.2) is 0 Å². The summed E-state index contributed by atoms with van der Waals surface area (Å²) in [5.41, 5.74) is 0. The van der Waals surface area contributed by atoms with E-state index in [-0.39, 0.29) is 23.9 Å². The van der Waals surface area contributed by atoms with Gasteiger partial charge in [-0.15, -0.1) is 0 Å². The molecule has 0 heterocycles. The van der Waals surface area contributed by atoms with Crippen LogP contribution in [0.2, 0.25) is 0 Å². The van der Waals surface area contributed by atoms with Gasteiger partial charge in [-0.2, -0.15) is 0 Å². The van der Waals surface area contributed by atoms with Gasteiger partial charge in [0.05, 0.1) is 11.8 Å². The number of carboxylic acids is 1. The van der Waals surface area contributed by atoms with E-state index < -0.39 is 5.97 Å². The molecule has 4 nitrogen and oxygen atoms in total. The summed E-state index contributed by atoms with van der Waals surface area (Å²) in [5.74, 6) is -0.448. The molecule has 0 saturated heterocycles. The number of aliphatic carboxylic acids is 1. The molecule has 1 saturated carbocycles. The summed E-state index contributed by atoms with van der Waals surface area (Å²) in [6.07, 6.45) is 11.9. The lowest BCUT2D eigenvalue weighted by molar-refractivity contribution is -0.158. The number of hydrogen-bond acceptors (Lipinski definition) is 3. The number of carbonyl (C=O) groups excluding carboxylic acids is 1. The van der Waals surface area contributed by atoms with Gasteiger partial charge in [-0.05, 0) is 43.9 Å². The standard InChI is InChI=1S/C23H42O4/c1-5-7-8-11-18(10-6-2)15-21(14-17(3)4)27-23(26)20-13-9-12-19(16-20)22(24)25/h17-21H,5-16H2,1-4H3,(H,24,25). The molecular formula is C23H42O4. The van der Waals surface area contributed by atoms with Crippen LogP contribution >= 0.6 is 0 Å². The van der Waals surface area contributed by atoms with Crippen molar-refractivity contribution >= 4 is 11.9 Å². The van der Waals surface area contributed by atoms with Gasteiger partial charge in [0.2, 0.25) is 0 Å². The van der Waals surface area contributed by atoms with E-state index in [4.69, 9.17) is 4.74 Å². The van der Waals surface area contributed by atoms with Crippen molar-refractivity contribution < 1.29 is 19.4 Å². The number of hydrogen-bond donors (Lipinski definition) is 1. The lowest BCUT2D eigenvalue weighted by atomic mass is 9.81. The second-order valence-electron chi connectivity index (χ2n) is 8.97. The average molecular weight is 383 g/mol. The number of unbranched alkanes of at least 4 members (excludes halogenated alkanes) is 2. The normalized spacial score (nSPS) is 22.4. The Hall–Kier alpha value is -1.06. The molecule has 0 aromatic rings. The zero-order chi connectivity index (χ0) is 20.2. The van der Waals surface area contributed by atoms with Crippen molar-refractivity contribution in [2.45, 2.75) is 111 Å². The summed E-state index contributed by atoms with van der Waals surface area (Å²) in [4.78, 5) is 24.0. The Morgan fingerprint density at radius 3 is 2.30 bits per heavy atom. The third-order valence-corrected chi connectivity index (χ3v) is 5.88. The summed E-state index contributed by atoms with van der Waals surface area (Å²) in [6, 6.07) is 0. The highest BCUT2D eigenvalue weighted by Gasteiger charge is 2.33. The maximum absolute atomic E-state index is 12.7. The Bertz CT molecular complexity index is 432. The fourth-order valence-corrected chi connectivity index (χ4v) is 4.45. The van der Waals surface area contributed by atoms with E-state index in [1.165, 1.54) is 38.5 Å². The van der Waals surface area contributed by atoms with Crippen LogP contribution in [-0.2, 0) is 14.3 Å². The van der Waals surface area contributed by atoms with Crippen LogP contribution in [0.3, 0.4) is 0 Å². The van der Waals surface area contributed by atoms with E-state index in [2.05, 4.69) is 27.7 Å². The smallest absolute Gasteiger partial charge is 0.309 e. The maximum Gasteiger partial charge on any atom is 0.309 e. The Balaban J connectivity index is 2.65. The fourth-order valence-electron chi connectivity index (χ4n) is 4.45. The molecule has 4 unspecified atom stereocenters. The Morgan fingerprint density at radius 2 is 1.70 bits per heavy atom. The van der Waals surface area contributed by atoms with Crippen LogP contribution in [0.5, 0.6) is 0 Å². The minimum atomic E-state index is -0.773. The van der Waals surface area contributed by atoms with Crippen LogP contribution in [0.4, 0.5) is 0 Å². The first-order chi connectivity index (χ1) is 12.9. The quantitative estimate of drug-likeness (QED) is 0.303. The van der Waals surface area contributed by atoms with Crippen molar-refractivity contribution in [3.8, 4) is 0 Å². The van der Waals surface area contributed by atoms with E-state index in [1.54, 1.807) is 0 Å². The Morgan fingerprint density at radius 1 is 1.00 bits per heavy atom. The van der Waals surface area contributed by atoms with Crippen molar-refractivity contribution in [3.63, 3.8) is 0 Å². The van der Waals surface area contributed by atoms with Gasteiger partial charge in [0.25, 0.3) is 0 Å². The molecule has 4 heteroatoms. The van der Waals surface area contributed by atoms with E-state index in [0.29, 0.717) is 24.7 Å². The van der Waals surface area contributed by atoms with Gasteiger partial charge in [-0.1, -0.05) is 72.6 Å². The number of esters is 1. The van der Waals surface area contributed by atoms with E-state index >= 15 is 0 Å². The average Bonchev–Trinajstić information content (AvgIpc) is 2.61. The van der Waals surface area contributed by atoms with Crippen LogP contribution < -0.4 is 0 Å². The topological polar surface area (TPSA) is 63.6 Å². The highest BCUT2D eigenvalue weighted by atomic mass is 16.5. The van der Waals surface area contributed by atoms with Gasteiger partial charge in [0.1, 0.15) is 6.10 Å². The van der Waals surface area contributed by atoms with Gasteiger partial charge in [-0.3, -0.25) is 9.59 Å². The summed E-state index contributed by atoms with van der Waals surface area (Å²) in [7, 11) is 0. The fraction of sp³-hybridized carbons (Fsp3) is 0.913. The Kier molecular flexibility index (Phi) is 11.7. The predicted octanol–water partition coefficient (Wildman–Crippen LogP) is 6.22. The predicted molar refractivity (Wildman–Crippen MR) is 110 cm³/mol. The molecule has 158 valence electrons. The van der Waals surface area contributed by atoms with Gasteiger partial charge < -0.3 is 9.84 Å². The van der Waals surface area contributed by atoms with E-state index in [1.807, 2.05) is 0 Å². The number of rotatable bonds is 13. The lowest BCUT2D eigenvalue weighted by Gasteiger charge is -2.29. The lowest BCUT2D eigenvalue weighted by Crippen LogP contribution is -2.32. The highest BCUT2D eigenvalue weighted by molar-refractivity contribution is 5.75. The molecule has 0 bridgehead atoms. The van der Waals surface area contributed by atoms with Gasteiger partial charge in [0.15, 0.2) is 0 Å². The molecule has 1 aliphatic rings. The van der Waals surface area contributed by atoms with Gasteiger partial charge >= 0.3 is 11.9 Å². The molecule has 1 N–H and O–H groups in total. The van der Waals surface area contributed by atoms with Crippen molar-refractivity contribution in [2.24, 2.45) is 23.7 Å². The Labute approximate surface area is 166 Å². The molecule has 1 fully saturated rings. The molecule has 1 rings (SSSR count). The van der Waals surface area contributed by atoms with Crippen molar-refractivity contribution in [2.75, 3.05) is 0 Å². The van der Waals surface area contributed by atoms with E-state index in [0.717, 1.165) is 25.7 Å². The summed E-state index contributed by atoms with van der Waals surface area (Å²) in [5, 5.41) is 9.27. The number of carbonyl (C=O) groups is 2. The summed E-state index contributed by atoms with van der Waals surface area (Å²) in [6.45, 7) is 8.80. The minimum absolute atomic E-state index is 0.0270. The zero-order valence-electron chi connectivity index (χ0n) is 18.0. The minimum Gasteiger partial charge on any atom is -0.481 e. The van der Waals surface area contributed by atoms with Crippen LogP contribution in [0.25, 0.3) is 0 Å². The molecule has 4 atom stereocenters. The highest BCUT2D eigenvalue weighted by Crippen LogP contribution is 2.32.